The molecule has 0 radical (unpaired) electrons. The van der Waals surface area contributed by atoms with E-state index in [1.54, 1.807) is 24.4 Å². The van der Waals surface area contributed by atoms with Crippen LogP contribution in [0, 0.1) is 0 Å². The molecule has 1 unspecified atom stereocenters. The maximum absolute atomic E-state index is 13.2. The summed E-state index contributed by atoms with van der Waals surface area (Å²) >= 11 is 0. The molecular formula is C24H20F3N7O. The third kappa shape index (κ3) is 4.88. The number of rotatable bonds is 6. The fourth-order valence-corrected chi connectivity index (χ4v) is 3.61. The first-order valence-electron chi connectivity index (χ1n) is 11.0. The monoisotopic (exact) mass is 479 g/mol. The van der Waals surface area contributed by atoms with Crippen LogP contribution in [-0.2, 0) is 0 Å². The zero-order valence-electron chi connectivity index (χ0n) is 18.6. The molecule has 4 aromatic rings. The Morgan fingerprint density at radius 2 is 1.94 bits per heavy atom. The third-order valence-electron chi connectivity index (χ3n) is 5.79. The summed E-state index contributed by atoms with van der Waals surface area (Å²) in [6, 6.07) is 10.2. The minimum atomic E-state index is -4.48. The van der Waals surface area contributed by atoms with Gasteiger partial charge in [0, 0.05) is 29.6 Å². The molecule has 1 amide bonds. The second kappa shape index (κ2) is 8.90. The van der Waals surface area contributed by atoms with Crippen molar-refractivity contribution in [3.8, 4) is 22.6 Å². The van der Waals surface area contributed by atoms with Gasteiger partial charge in [-0.3, -0.25) is 14.8 Å². The number of hydrogen-bond acceptors (Lipinski definition) is 6. The molecule has 1 N–H and O–H groups in total. The molecule has 4 aromatic heterocycles. The quantitative estimate of drug-likeness (QED) is 0.416. The Labute approximate surface area is 198 Å². The van der Waals surface area contributed by atoms with Gasteiger partial charge in [-0.25, -0.2) is 4.98 Å². The first kappa shape index (κ1) is 22.6. The molecule has 1 aliphatic rings. The number of nitrogens with zero attached hydrogens (tertiary/aromatic N) is 6. The van der Waals surface area contributed by atoms with Crippen molar-refractivity contribution in [1.82, 2.24) is 29.7 Å². The minimum absolute atomic E-state index is 0.0619. The van der Waals surface area contributed by atoms with Crippen molar-refractivity contribution in [2.75, 3.05) is 5.32 Å². The van der Waals surface area contributed by atoms with Crippen LogP contribution in [0.1, 0.15) is 47.9 Å². The summed E-state index contributed by atoms with van der Waals surface area (Å²) < 4.78 is 40.5. The van der Waals surface area contributed by atoms with E-state index in [1.165, 1.54) is 31.2 Å². The first-order chi connectivity index (χ1) is 16.8. The summed E-state index contributed by atoms with van der Waals surface area (Å²) in [4.78, 5) is 25.8. The van der Waals surface area contributed by atoms with Gasteiger partial charge < -0.3 is 9.88 Å². The van der Waals surface area contributed by atoms with Crippen molar-refractivity contribution in [1.29, 1.82) is 0 Å². The molecule has 0 spiro atoms. The first-order valence-corrected chi connectivity index (χ1v) is 11.0. The van der Waals surface area contributed by atoms with Crippen LogP contribution in [0.3, 0.4) is 0 Å². The van der Waals surface area contributed by atoms with Crippen molar-refractivity contribution < 1.29 is 18.0 Å². The van der Waals surface area contributed by atoms with Gasteiger partial charge in [-0.05, 0) is 55.7 Å². The largest absolute Gasteiger partial charge is 0.408 e. The normalized spacial score (nSPS) is 14.5. The van der Waals surface area contributed by atoms with Gasteiger partial charge in [0.05, 0.1) is 0 Å². The van der Waals surface area contributed by atoms with Gasteiger partial charge in [0.2, 0.25) is 0 Å². The minimum Gasteiger partial charge on any atom is -0.305 e. The number of amides is 1. The number of carbonyl (C=O) groups is 1. The summed E-state index contributed by atoms with van der Waals surface area (Å²) in [5.41, 5.74) is 3.03. The van der Waals surface area contributed by atoms with E-state index >= 15 is 0 Å². The van der Waals surface area contributed by atoms with Crippen LogP contribution >= 0.6 is 0 Å². The number of carbonyl (C=O) groups excluding carboxylic acids is 1. The van der Waals surface area contributed by atoms with E-state index in [4.69, 9.17) is 0 Å². The Morgan fingerprint density at radius 1 is 1.11 bits per heavy atom. The van der Waals surface area contributed by atoms with Crippen LogP contribution < -0.4 is 5.32 Å². The standard InChI is InChI=1S/C24H20F3N7O/c1-14(24(25,26)27)34-13-30-33-22(34)19-3-2-4-21(31-19)32-23(35)20-11-16(9-10-28-20)17-7-8-18(29-12-17)15-5-6-15/h2-4,7-15H,5-6H2,1H3,(H,31,32,35). The lowest BCUT2D eigenvalue weighted by Crippen LogP contribution is -2.24. The predicted molar refractivity (Wildman–Crippen MR) is 121 cm³/mol. The SMILES string of the molecule is CC(n1cnnc1-c1cccc(NC(=O)c2cc(-c3ccc(C4CC4)nc3)ccn2)n1)C(F)(F)F. The highest BCUT2D eigenvalue weighted by atomic mass is 19.4. The Kier molecular flexibility index (Phi) is 5.75. The summed E-state index contributed by atoms with van der Waals surface area (Å²) in [7, 11) is 0. The number of aromatic nitrogens is 6. The van der Waals surface area contributed by atoms with Crippen molar-refractivity contribution in [2.24, 2.45) is 0 Å². The lowest BCUT2D eigenvalue weighted by Gasteiger charge is -2.18. The molecule has 1 aliphatic carbocycles. The lowest BCUT2D eigenvalue weighted by atomic mass is 10.1. The number of halogens is 3. The average molecular weight is 479 g/mol. The van der Waals surface area contributed by atoms with E-state index in [0.717, 1.165) is 34.6 Å². The summed E-state index contributed by atoms with van der Waals surface area (Å²) in [5, 5.41) is 10.0. The van der Waals surface area contributed by atoms with Crippen LogP contribution in [0.4, 0.5) is 19.0 Å². The molecule has 35 heavy (non-hydrogen) atoms. The number of nitrogens with one attached hydrogen (secondary N) is 1. The maximum atomic E-state index is 13.2. The van der Waals surface area contributed by atoms with Crippen molar-refractivity contribution in [3.05, 3.63) is 72.6 Å². The zero-order valence-corrected chi connectivity index (χ0v) is 18.6. The Hall–Kier alpha value is -4.15. The molecule has 8 nitrogen and oxygen atoms in total. The van der Waals surface area contributed by atoms with Gasteiger partial charge >= 0.3 is 6.18 Å². The molecule has 4 heterocycles. The topological polar surface area (TPSA) is 98.5 Å². The molecular weight excluding hydrogens is 459 g/mol. The van der Waals surface area contributed by atoms with E-state index in [1.807, 2.05) is 12.1 Å². The van der Waals surface area contributed by atoms with Crippen molar-refractivity contribution >= 4 is 11.7 Å². The Bertz CT molecular complexity index is 1360. The highest BCUT2D eigenvalue weighted by Crippen LogP contribution is 2.39. The molecule has 0 saturated heterocycles. The zero-order chi connectivity index (χ0) is 24.6. The summed E-state index contributed by atoms with van der Waals surface area (Å²) in [5.74, 6) is 0.123. The van der Waals surface area contributed by atoms with Crippen LogP contribution in [0.15, 0.2) is 61.2 Å². The summed E-state index contributed by atoms with van der Waals surface area (Å²) in [6.07, 6.45) is 2.18. The molecule has 5 rings (SSSR count). The van der Waals surface area contributed by atoms with E-state index in [9.17, 15) is 18.0 Å². The van der Waals surface area contributed by atoms with Gasteiger partial charge in [-0.2, -0.15) is 13.2 Å². The number of anilines is 1. The van der Waals surface area contributed by atoms with Gasteiger partial charge in [0.15, 0.2) is 5.82 Å². The highest BCUT2D eigenvalue weighted by Gasteiger charge is 2.38. The molecule has 0 aliphatic heterocycles. The van der Waals surface area contributed by atoms with Gasteiger partial charge in [0.25, 0.3) is 5.91 Å². The van der Waals surface area contributed by atoms with E-state index in [2.05, 4.69) is 30.5 Å². The Morgan fingerprint density at radius 3 is 2.66 bits per heavy atom. The van der Waals surface area contributed by atoms with E-state index < -0.39 is 18.1 Å². The molecule has 1 atom stereocenters. The second-order valence-corrected chi connectivity index (χ2v) is 8.32. The molecule has 0 bridgehead atoms. The van der Waals surface area contributed by atoms with Crippen molar-refractivity contribution in [3.63, 3.8) is 0 Å². The number of alkyl halides is 3. The number of pyridine rings is 3. The molecule has 11 heteroatoms. The van der Waals surface area contributed by atoms with E-state index in [-0.39, 0.29) is 23.0 Å². The van der Waals surface area contributed by atoms with Crippen LogP contribution in [-0.4, -0.2) is 41.8 Å². The molecule has 0 aromatic carbocycles. The van der Waals surface area contributed by atoms with E-state index in [0.29, 0.717) is 5.92 Å². The van der Waals surface area contributed by atoms with Gasteiger partial charge in [-0.15, -0.1) is 10.2 Å². The van der Waals surface area contributed by atoms with Gasteiger partial charge in [0.1, 0.15) is 29.6 Å². The van der Waals surface area contributed by atoms with Gasteiger partial charge in [-0.1, -0.05) is 12.1 Å². The second-order valence-electron chi connectivity index (χ2n) is 8.32. The molecule has 178 valence electrons. The van der Waals surface area contributed by atoms with Crippen LogP contribution in [0.25, 0.3) is 22.6 Å². The van der Waals surface area contributed by atoms with Crippen LogP contribution in [0.5, 0.6) is 0 Å². The fourth-order valence-electron chi connectivity index (χ4n) is 3.61. The predicted octanol–water partition coefficient (Wildman–Crippen LogP) is 5.05. The van der Waals surface area contributed by atoms with Crippen molar-refractivity contribution in [2.45, 2.75) is 37.9 Å². The smallest absolute Gasteiger partial charge is 0.305 e. The third-order valence-corrected chi connectivity index (χ3v) is 5.79. The van der Waals surface area contributed by atoms with Crippen LogP contribution in [0.2, 0.25) is 0 Å². The average Bonchev–Trinajstić information content (AvgIpc) is 3.59. The highest BCUT2D eigenvalue weighted by molar-refractivity contribution is 6.03. The Balaban J connectivity index is 1.35. The molecule has 1 saturated carbocycles. The summed E-state index contributed by atoms with van der Waals surface area (Å²) in [6.45, 7) is 1.01. The lowest BCUT2D eigenvalue weighted by molar-refractivity contribution is -0.162. The maximum Gasteiger partial charge on any atom is 0.408 e. The number of hydrogen-bond donors (Lipinski definition) is 1. The molecule has 1 fully saturated rings. The fraction of sp³-hybridized carbons (Fsp3) is 0.250.